The number of nitrogens with zero attached hydrogens (tertiary/aromatic N) is 1. The SMILES string of the molecule is CCCCOc1cc(F)cc(-c2cc(C)[nH]c(=O)c2C#N)c1. The molecule has 0 atom stereocenters. The normalized spacial score (nSPS) is 10.3. The second-order valence-corrected chi connectivity index (χ2v) is 5.06. The van der Waals surface area contributed by atoms with Crippen molar-refractivity contribution in [3.05, 3.63) is 51.7 Å². The standard InChI is InChI=1S/C17H17FN2O2/c1-3-4-5-22-14-8-12(7-13(18)9-14)15-6-11(2)20-17(21)16(15)10-19/h6-9H,3-5H2,1-2H3,(H,20,21). The summed E-state index contributed by atoms with van der Waals surface area (Å²) < 4.78 is 19.3. The van der Waals surface area contributed by atoms with Crippen LogP contribution in [0.25, 0.3) is 11.1 Å². The molecule has 22 heavy (non-hydrogen) atoms. The van der Waals surface area contributed by atoms with E-state index in [9.17, 15) is 9.18 Å². The van der Waals surface area contributed by atoms with Gasteiger partial charge in [-0.15, -0.1) is 0 Å². The largest absolute Gasteiger partial charge is 0.493 e. The Morgan fingerprint density at radius 2 is 2.09 bits per heavy atom. The summed E-state index contributed by atoms with van der Waals surface area (Å²) in [4.78, 5) is 14.4. The summed E-state index contributed by atoms with van der Waals surface area (Å²) in [5.74, 6) is -0.0731. The molecule has 1 aromatic carbocycles. The van der Waals surface area contributed by atoms with Gasteiger partial charge < -0.3 is 9.72 Å². The molecular formula is C17H17FN2O2. The van der Waals surface area contributed by atoms with E-state index in [0.717, 1.165) is 12.8 Å². The molecule has 0 fully saturated rings. The number of aromatic amines is 1. The van der Waals surface area contributed by atoms with Gasteiger partial charge in [-0.1, -0.05) is 13.3 Å². The van der Waals surface area contributed by atoms with Gasteiger partial charge in [-0.3, -0.25) is 4.79 Å². The van der Waals surface area contributed by atoms with Gasteiger partial charge in [0.25, 0.3) is 5.56 Å². The predicted octanol–water partition coefficient (Wildman–Crippen LogP) is 3.54. The van der Waals surface area contributed by atoms with Crippen LogP contribution in [0.3, 0.4) is 0 Å². The van der Waals surface area contributed by atoms with E-state index < -0.39 is 11.4 Å². The lowest BCUT2D eigenvalue weighted by molar-refractivity contribution is 0.308. The maximum absolute atomic E-state index is 13.8. The van der Waals surface area contributed by atoms with Crippen molar-refractivity contribution in [1.29, 1.82) is 5.26 Å². The molecule has 5 heteroatoms. The maximum Gasteiger partial charge on any atom is 0.266 e. The molecule has 114 valence electrons. The third-order valence-electron chi connectivity index (χ3n) is 3.23. The first-order chi connectivity index (χ1) is 10.5. The summed E-state index contributed by atoms with van der Waals surface area (Å²) in [7, 11) is 0. The smallest absolute Gasteiger partial charge is 0.266 e. The zero-order chi connectivity index (χ0) is 16.1. The molecule has 0 amide bonds. The molecule has 0 saturated carbocycles. The average molecular weight is 300 g/mol. The van der Waals surface area contributed by atoms with Crippen LogP contribution in [0.4, 0.5) is 4.39 Å². The first kappa shape index (κ1) is 15.8. The van der Waals surface area contributed by atoms with Crippen molar-refractivity contribution in [3.63, 3.8) is 0 Å². The number of rotatable bonds is 5. The van der Waals surface area contributed by atoms with Gasteiger partial charge in [-0.2, -0.15) is 5.26 Å². The number of pyridine rings is 1. The minimum absolute atomic E-state index is 0.0318. The molecule has 1 N–H and O–H groups in total. The van der Waals surface area contributed by atoms with Gasteiger partial charge in [0.1, 0.15) is 23.2 Å². The fourth-order valence-corrected chi connectivity index (χ4v) is 2.16. The predicted molar refractivity (Wildman–Crippen MR) is 82.3 cm³/mol. The van der Waals surface area contributed by atoms with E-state index in [4.69, 9.17) is 10.00 Å². The molecule has 1 heterocycles. The number of nitriles is 1. The Bertz CT molecular complexity index is 775. The number of hydrogen-bond donors (Lipinski definition) is 1. The molecule has 0 aliphatic rings. The van der Waals surface area contributed by atoms with Crippen molar-refractivity contribution in [3.8, 4) is 22.9 Å². The van der Waals surface area contributed by atoms with Crippen LogP contribution < -0.4 is 10.3 Å². The third kappa shape index (κ3) is 3.53. The molecule has 0 spiro atoms. The van der Waals surface area contributed by atoms with Crippen LogP contribution in [0.5, 0.6) is 5.75 Å². The molecule has 1 aromatic heterocycles. The quantitative estimate of drug-likeness (QED) is 0.859. The highest BCUT2D eigenvalue weighted by atomic mass is 19.1. The van der Waals surface area contributed by atoms with Crippen LogP contribution >= 0.6 is 0 Å². The van der Waals surface area contributed by atoms with Gasteiger partial charge in [0.05, 0.1) is 6.61 Å². The fourth-order valence-electron chi connectivity index (χ4n) is 2.16. The van der Waals surface area contributed by atoms with Gasteiger partial charge in [0.15, 0.2) is 0 Å². The van der Waals surface area contributed by atoms with E-state index in [1.807, 2.05) is 13.0 Å². The number of unbranched alkanes of at least 4 members (excludes halogenated alkanes) is 1. The van der Waals surface area contributed by atoms with Gasteiger partial charge in [0.2, 0.25) is 0 Å². The van der Waals surface area contributed by atoms with E-state index in [1.165, 1.54) is 12.1 Å². The Kier molecular flexibility index (Phi) is 4.95. The van der Waals surface area contributed by atoms with Crippen LogP contribution in [0.2, 0.25) is 0 Å². The van der Waals surface area contributed by atoms with E-state index in [2.05, 4.69) is 4.98 Å². The van der Waals surface area contributed by atoms with E-state index in [1.54, 1.807) is 19.1 Å². The van der Waals surface area contributed by atoms with Crippen LogP contribution in [0, 0.1) is 24.1 Å². The summed E-state index contributed by atoms with van der Waals surface area (Å²) >= 11 is 0. The molecule has 4 nitrogen and oxygen atoms in total. The second kappa shape index (κ2) is 6.90. The first-order valence-electron chi connectivity index (χ1n) is 7.13. The molecular weight excluding hydrogens is 283 g/mol. The number of ether oxygens (including phenoxy) is 1. The Balaban J connectivity index is 2.49. The fraction of sp³-hybridized carbons (Fsp3) is 0.294. The van der Waals surface area contributed by atoms with Crippen molar-refractivity contribution in [2.75, 3.05) is 6.61 Å². The van der Waals surface area contributed by atoms with Crippen LogP contribution in [-0.4, -0.2) is 11.6 Å². The minimum Gasteiger partial charge on any atom is -0.493 e. The number of nitrogens with one attached hydrogen (secondary N) is 1. The number of halogens is 1. The van der Waals surface area contributed by atoms with Crippen LogP contribution in [0.15, 0.2) is 29.1 Å². The lowest BCUT2D eigenvalue weighted by Crippen LogP contribution is -2.12. The molecule has 2 rings (SSSR count). The van der Waals surface area contributed by atoms with Gasteiger partial charge >= 0.3 is 0 Å². The number of aromatic nitrogens is 1. The summed E-state index contributed by atoms with van der Waals surface area (Å²) in [6.45, 7) is 4.25. The Labute approximate surface area is 128 Å². The molecule has 0 bridgehead atoms. The zero-order valence-electron chi connectivity index (χ0n) is 12.6. The molecule has 0 radical (unpaired) electrons. The van der Waals surface area contributed by atoms with Gasteiger partial charge in [-0.25, -0.2) is 4.39 Å². The molecule has 0 unspecified atom stereocenters. The monoisotopic (exact) mass is 300 g/mol. The number of hydrogen-bond acceptors (Lipinski definition) is 3. The van der Waals surface area contributed by atoms with E-state index >= 15 is 0 Å². The number of H-pyrrole nitrogens is 1. The summed E-state index contributed by atoms with van der Waals surface area (Å²) in [5.41, 5.74) is 0.962. The first-order valence-corrected chi connectivity index (χ1v) is 7.13. The maximum atomic E-state index is 13.8. The summed E-state index contributed by atoms with van der Waals surface area (Å²) in [6, 6.07) is 7.77. The third-order valence-corrected chi connectivity index (χ3v) is 3.23. The molecule has 0 aliphatic carbocycles. The topological polar surface area (TPSA) is 65.9 Å². The minimum atomic E-state index is -0.477. The van der Waals surface area contributed by atoms with Gasteiger partial charge in [0, 0.05) is 17.3 Å². The number of benzene rings is 1. The Morgan fingerprint density at radius 1 is 1.32 bits per heavy atom. The van der Waals surface area contributed by atoms with Crippen LogP contribution in [-0.2, 0) is 0 Å². The van der Waals surface area contributed by atoms with E-state index in [0.29, 0.717) is 29.2 Å². The number of aryl methyl sites for hydroxylation is 1. The highest BCUT2D eigenvalue weighted by Crippen LogP contribution is 2.27. The lowest BCUT2D eigenvalue weighted by Gasteiger charge is -2.10. The highest BCUT2D eigenvalue weighted by Gasteiger charge is 2.12. The van der Waals surface area contributed by atoms with Gasteiger partial charge in [-0.05, 0) is 37.1 Å². The Morgan fingerprint density at radius 3 is 2.77 bits per heavy atom. The van der Waals surface area contributed by atoms with E-state index in [-0.39, 0.29) is 5.56 Å². The molecule has 2 aromatic rings. The van der Waals surface area contributed by atoms with Crippen molar-refractivity contribution in [1.82, 2.24) is 4.98 Å². The van der Waals surface area contributed by atoms with Crippen molar-refractivity contribution >= 4 is 0 Å². The molecule has 0 aliphatic heterocycles. The van der Waals surface area contributed by atoms with Crippen molar-refractivity contribution < 1.29 is 9.13 Å². The molecule has 0 saturated heterocycles. The van der Waals surface area contributed by atoms with Crippen molar-refractivity contribution in [2.24, 2.45) is 0 Å². The van der Waals surface area contributed by atoms with Crippen molar-refractivity contribution in [2.45, 2.75) is 26.7 Å². The zero-order valence-corrected chi connectivity index (χ0v) is 12.6. The highest BCUT2D eigenvalue weighted by molar-refractivity contribution is 5.71. The summed E-state index contributed by atoms with van der Waals surface area (Å²) in [6.07, 6.45) is 1.85. The average Bonchev–Trinajstić information content (AvgIpc) is 2.46. The van der Waals surface area contributed by atoms with Crippen LogP contribution in [0.1, 0.15) is 31.0 Å². The summed E-state index contributed by atoms with van der Waals surface area (Å²) in [5, 5.41) is 9.17. The Hall–Kier alpha value is -2.61. The second-order valence-electron chi connectivity index (χ2n) is 5.06. The lowest BCUT2D eigenvalue weighted by atomic mass is 10.0.